The van der Waals surface area contributed by atoms with Crippen LogP contribution in [0.1, 0.15) is 5.56 Å². The molecular weight excluding hydrogens is 164 g/mol. The van der Waals surface area contributed by atoms with Crippen molar-refractivity contribution in [2.75, 3.05) is 18.5 Å². The highest BCUT2D eigenvalue weighted by molar-refractivity contribution is 5.45. The van der Waals surface area contributed by atoms with Crippen LogP contribution < -0.4 is 10.6 Å². The third kappa shape index (κ3) is 2.17. The molecule has 2 N–H and O–H groups in total. The molecular formula is C9H12N4. The standard InChI is InChI=1S/C9H12N4/c1-3-4-13(2)9-8(5-10)6-11-7-12-9/h1,6-7H,4-5,10H2,2H3. The lowest BCUT2D eigenvalue weighted by Gasteiger charge is -2.16. The van der Waals surface area contributed by atoms with Gasteiger partial charge in [-0.1, -0.05) is 5.92 Å². The fourth-order valence-electron chi connectivity index (χ4n) is 1.05. The Hall–Kier alpha value is -1.60. The summed E-state index contributed by atoms with van der Waals surface area (Å²) in [5, 5.41) is 0. The van der Waals surface area contributed by atoms with E-state index in [0.717, 1.165) is 11.4 Å². The van der Waals surface area contributed by atoms with E-state index in [9.17, 15) is 0 Å². The number of nitrogens with zero attached hydrogens (tertiary/aromatic N) is 3. The van der Waals surface area contributed by atoms with Gasteiger partial charge in [-0.2, -0.15) is 0 Å². The van der Waals surface area contributed by atoms with Gasteiger partial charge in [-0.05, 0) is 0 Å². The molecule has 1 rings (SSSR count). The maximum atomic E-state index is 5.53. The van der Waals surface area contributed by atoms with Gasteiger partial charge in [0.1, 0.15) is 12.1 Å². The van der Waals surface area contributed by atoms with Crippen molar-refractivity contribution in [2.45, 2.75) is 6.54 Å². The van der Waals surface area contributed by atoms with Gasteiger partial charge >= 0.3 is 0 Å². The molecule has 0 unspecified atom stereocenters. The van der Waals surface area contributed by atoms with Crippen LogP contribution >= 0.6 is 0 Å². The van der Waals surface area contributed by atoms with Crippen molar-refractivity contribution in [1.29, 1.82) is 0 Å². The molecule has 0 bridgehead atoms. The molecule has 0 atom stereocenters. The fraction of sp³-hybridized carbons (Fsp3) is 0.333. The zero-order valence-corrected chi connectivity index (χ0v) is 7.57. The minimum absolute atomic E-state index is 0.422. The Bertz CT molecular complexity index is 316. The Morgan fingerprint density at radius 2 is 2.46 bits per heavy atom. The molecule has 1 aromatic rings. The largest absolute Gasteiger partial charge is 0.348 e. The number of hydrogen-bond acceptors (Lipinski definition) is 4. The quantitative estimate of drug-likeness (QED) is 0.659. The smallest absolute Gasteiger partial charge is 0.136 e. The van der Waals surface area contributed by atoms with E-state index in [-0.39, 0.29) is 0 Å². The Labute approximate surface area is 77.8 Å². The lowest BCUT2D eigenvalue weighted by molar-refractivity contribution is 0.931. The number of terminal acetylenes is 1. The van der Waals surface area contributed by atoms with Crippen LogP contribution in [0, 0.1) is 12.3 Å². The van der Waals surface area contributed by atoms with Crippen LogP contribution in [-0.4, -0.2) is 23.6 Å². The van der Waals surface area contributed by atoms with Crippen molar-refractivity contribution in [3.05, 3.63) is 18.1 Å². The number of anilines is 1. The maximum absolute atomic E-state index is 5.53. The van der Waals surface area contributed by atoms with Gasteiger partial charge in [0.15, 0.2) is 0 Å². The second-order valence-corrected chi connectivity index (χ2v) is 2.64. The van der Waals surface area contributed by atoms with E-state index in [1.54, 1.807) is 6.20 Å². The van der Waals surface area contributed by atoms with Crippen LogP contribution in [0.4, 0.5) is 5.82 Å². The molecule has 0 saturated carbocycles. The lowest BCUT2D eigenvalue weighted by Crippen LogP contribution is -2.21. The van der Waals surface area contributed by atoms with Gasteiger partial charge in [-0.3, -0.25) is 0 Å². The molecule has 0 spiro atoms. The monoisotopic (exact) mass is 176 g/mol. The summed E-state index contributed by atoms with van der Waals surface area (Å²) in [4.78, 5) is 9.86. The molecule has 0 aliphatic carbocycles. The van der Waals surface area contributed by atoms with E-state index in [2.05, 4.69) is 15.9 Å². The molecule has 0 saturated heterocycles. The van der Waals surface area contributed by atoms with Crippen LogP contribution in [0.2, 0.25) is 0 Å². The van der Waals surface area contributed by atoms with Crippen LogP contribution in [0.15, 0.2) is 12.5 Å². The molecule has 1 heterocycles. The van der Waals surface area contributed by atoms with E-state index < -0.39 is 0 Å². The molecule has 0 fully saturated rings. The molecule has 4 nitrogen and oxygen atoms in total. The second-order valence-electron chi connectivity index (χ2n) is 2.64. The van der Waals surface area contributed by atoms with Crippen molar-refractivity contribution < 1.29 is 0 Å². The summed E-state index contributed by atoms with van der Waals surface area (Å²) in [5.41, 5.74) is 6.43. The lowest BCUT2D eigenvalue weighted by atomic mass is 10.3. The fourth-order valence-corrected chi connectivity index (χ4v) is 1.05. The highest BCUT2D eigenvalue weighted by atomic mass is 15.2. The third-order valence-corrected chi connectivity index (χ3v) is 1.67. The van der Waals surface area contributed by atoms with Gasteiger partial charge in [-0.15, -0.1) is 6.42 Å². The maximum Gasteiger partial charge on any atom is 0.136 e. The molecule has 1 aromatic heterocycles. The van der Waals surface area contributed by atoms with Gasteiger partial charge in [-0.25, -0.2) is 9.97 Å². The first-order valence-corrected chi connectivity index (χ1v) is 3.93. The van der Waals surface area contributed by atoms with E-state index >= 15 is 0 Å². The van der Waals surface area contributed by atoms with E-state index in [4.69, 9.17) is 12.2 Å². The van der Waals surface area contributed by atoms with Crippen LogP contribution in [0.5, 0.6) is 0 Å². The first-order chi connectivity index (χ1) is 6.29. The average molecular weight is 176 g/mol. The summed E-state index contributed by atoms with van der Waals surface area (Å²) in [7, 11) is 1.88. The molecule has 13 heavy (non-hydrogen) atoms. The zero-order valence-electron chi connectivity index (χ0n) is 7.57. The van der Waals surface area contributed by atoms with Gasteiger partial charge < -0.3 is 10.6 Å². The highest BCUT2D eigenvalue weighted by Crippen LogP contribution is 2.12. The number of rotatable bonds is 3. The summed E-state index contributed by atoms with van der Waals surface area (Å²) in [6, 6.07) is 0. The van der Waals surface area contributed by atoms with Crippen LogP contribution in [0.3, 0.4) is 0 Å². The van der Waals surface area contributed by atoms with E-state index in [0.29, 0.717) is 13.1 Å². The van der Waals surface area contributed by atoms with Gasteiger partial charge in [0.2, 0.25) is 0 Å². The van der Waals surface area contributed by atoms with Crippen molar-refractivity contribution in [1.82, 2.24) is 9.97 Å². The Morgan fingerprint density at radius 1 is 1.69 bits per heavy atom. The number of aromatic nitrogens is 2. The minimum atomic E-state index is 0.422. The summed E-state index contributed by atoms with van der Waals surface area (Å²) >= 11 is 0. The average Bonchev–Trinajstić information content (AvgIpc) is 2.18. The summed E-state index contributed by atoms with van der Waals surface area (Å²) < 4.78 is 0. The molecule has 0 radical (unpaired) electrons. The minimum Gasteiger partial charge on any atom is -0.348 e. The van der Waals surface area contributed by atoms with Crippen molar-refractivity contribution in [3.63, 3.8) is 0 Å². The summed E-state index contributed by atoms with van der Waals surface area (Å²) in [5.74, 6) is 3.34. The van der Waals surface area contributed by atoms with Gasteiger partial charge in [0.25, 0.3) is 0 Å². The topological polar surface area (TPSA) is 55.0 Å². The van der Waals surface area contributed by atoms with Crippen molar-refractivity contribution in [2.24, 2.45) is 5.73 Å². The second kappa shape index (κ2) is 4.43. The number of nitrogens with two attached hydrogens (primary N) is 1. The van der Waals surface area contributed by atoms with Crippen LogP contribution in [0.25, 0.3) is 0 Å². The molecule has 0 amide bonds. The molecule has 68 valence electrons. The Balaban J connectivity index is 2.93. The van der Waals surface area contributed by atoms with Crippen LogP contribution in [-0.2, 0) is 6.54 Å². The predicted molar refractivity (Wildman–Crippen MR) is 52.0 cm³/mol. The molecule has 0 aromatic carbocycles. The molecule has 4 heteroatoms. The normalized spacial score (nSPS) is 9.31. The summed E-state index contributed by atoms with van der Waals surface area (Å²) in [6.07, 6.45) is 8.38. The number of hydrogen-bond donors (Lipinski definition) is 1. The van der Waals surface area contributed by atoms with Crippen molar-refractivity contribution >= 4 is 5.82 Å². The Morgan fingerprint density at radius 3 is 3.08 bits per heavy atom. The van der Waals surface area contributed by atoms with Crippen molar-refractivity contribution in [3.8, 4) is 12.3 Å². The first kappa shape index (κ1) is 9.49. The molecule has 0 aliphatic rings. The van der Waals surface area contributed by atoms with Gasteiger partial charge in [0.05, 0.1) is 6.54 Å². The molecule has 0 aliphatic heterocycles. The first-order valence-electron chi connectivity index (χ1n) is 3.93. The Kier molecular flexibility index (Phi) is 3.23. The van der Waals surface area contributed by atoms with E-state index in [1.807, 2.05) is 11.9 Å². The summed E-state index contributed by atoms with van der Waals surface area (Å²) in [6.45, 7) is 0.940. The zero-order chi connectivity index (χ0) is 9.68. The highest BCUT2D eigenvalue weighted by Gasteiger charge is 2.05. The van der Waals surface area contributed by atoms with E-state index in [1.165, 1.54) is 6.33 Å². The third-order valence-electron chi connectivity index (χ3n) is 1.67. The SMILES string of the molecule is C#CCN(C)c1ncncc1CN. The van der Waals surface area contributed by atoms with Gasteiger partial charge in [0, 0.05) is 25.4 Å². The predicted octanol–water partition coefficient (Wildman–Crippen LogP) is 0.00470.